The zero-order valence-electron chi connectivity index (χ0n) is 19.2. The monoisotopic (exact) mass is 432 g/mol. The van der Waals surface area contributed by atoms with Crippen LogP contribution in [0.5, 0.6) is 0 Å². The van der Waals surface area contributed by atoms with Gasteiger partial charge in [0.15, 0.2) is 0 Å². The van der Waals surface area contributed by atoms with E-state index in [0.29, 0.717) is 24.1 Å². The Kier molecular flexibility index (Phi) is 5.63. The van der Waals surface area contributed by atoms with E-state index in [1.54, 1.807) is 12.5 Å². The minimum Gasteiger partial charge on any atom is -0.464 e. The summed E-state index contributed by atoms with van der Waals surface area (Å²) in [6.45, 7) is 10.6. The second-order valence-corrected chi connectivity index (χ2v) is 9.25. The first kappa shape index (κ1) is 21.8. The van der Waals surface area contributed by atoms with Gasteiger partial charge in [0, 0.05) is 40.1 Å². The second kappa shape index (κ2) is 8.26. The lowest BCUT2D eigenvalue weighted by Crippen LogP contribution is -2.24. The number of hydrogen-bond donors (Lipinski definition) is 1. The normalized spacial score (nSPS) is 11.9. The number of amides is 1. The number of rotatable bonds is 5. The molecule has 0 spiro atoms. The largest absolute Gasteiger partial charge is 0.464 e. The van der Waals surface area contributed by atoms with Gasteiger partial charge in [0.25, 0.3) is 0 Å². The topological polar surface area (TPSA) is 85.3 Å². The fourth-order valence-electron chi connectivity index (χ4n) is 4.08. The van der Waals surface area contributed by atoms with Crippen LogP contribution in [0.4, 0.5) is 0 Å². The van der Waals surface area contributed by atoms with Crippen LogP contribution in [0.1, 0.15) is 55.1 Å². The Labute approximate surface area is 186 Å². The van der Waals surface area contributed by atoms with Crippen LogP contribution in [-0.2, 0) is 23.2 Å². The fraction of sp³-hybridized carbons (Fsp3) is 0.346. The maximum Gasteiger partial charge on any atom is 0.339 e. The van der Waals surface area contributed by atoms with Gasteiger partial charge in [-0.2, -0.15) is 0 Å². The molecule has 0 bridgehead atoms. The van der Waals surface area contributed by atoms with Crippen LogP contribution in [-0.4, -0.2) is 10.9 Å². The molecule has 0 aliphatic carbocycles. The number of benzene rings is 1. The summed E-state index contributed by atoms with van der Waals surface area (Å²) in [6.07, 6.45) is 3.99. The molecule has 32 heavy (non-hydrogen) atoms. The van der Waals surface area contributed by atoms with Gasteiger partial charge in [-0.05, 0) is 49.4 Å². The summed E-state index contributed by atoms with van der Waals surface area (Å²) in [5.74, 6) is -0.133. The summed E-state index contributed by atoms with van der Waals surface area (Å²) in [4.78, 5) is 29.3. The Morgan fingerprint density at radius 3 is 2.56 bits per heavy atom. The van der Waals surface area contributed by atoms with Crippen molar-refractivity contribution in [1.29, 1.82) is 0 Å². The molecule has 6 heteroatoms. The molecule has 0 atom stereocenters. The number of carbonyl (C=O) groups is 1. The van der Waals surface area contributed by atoms with E-state index >= 15 is 0 Å². The molecule has 6 nitrogen and oxygen atoms in total. The SMILES string of the molecule is Cc1c(CCC(=O)NCc2ccccn2)c(=O)oc2c(C)c3occ(C(C)(C)C)c3cc12. The summed E-state index contributed by atoms with van der Waals surface area (Å²) in [5, 5.41) is 4.76. The van der Waals surface area contributed by atoms with Gasteiger partial charge in [0.1, 0.15) is 11.2 Å². The quantitative estimate of drug-likeness (QED) is 0.444. The Balaban J connectivity index is 1.64. The summed E-state index contributed by atoms with van der Waals surface area (Å²) < 4.78 is 11.6. The van der Waals surface area contributed by atoms with E-state index in [4.69, 9.17) is 8.83 Å². The number of furan rings is 1. The molecule has 1 N–H and O–H groups in total. The van der Waals surface area contributed by atoms with Crippen molar-refractivity contribution >= 4 is 27.8 Å². The van der Waals surface area contributed by atoms with Gasteiger partial charge >= 0.3 is 5.63 Å². The van der Waals surface area contributed by atoms with Crippen molar-refractivity contribution < 1.29 is 13.6 Å². The molecular formula is C26H28N2O4. The van der Waals surface area contributed by atoms with Crippen LogP contribution in [0.25, 0.3) is 21.9 Å². The third-order valence-electron chi connectivity index (χ3n) is 5.94. The number of hydrogen-bond acceptors (Lipinski definition) is 5. The maximum absolute atomic E-state index is 12.8. The second-order valence-electron chi connectivity index (χ2n) is 9.25. The molecule has 0 saturated carbocycles. The number of nitrogens with one attached hydrogen (secondary N) is 1. The predicted octanol–water partition coefficient (Wildman–Crippen LogP) is 5.10. The summed E-state index contributed by atoms with van der Waals surface area (Å²) in [5.41, 5.74) is 4.89. The van der Waals surface area contributed by atoms with E-state index < -0.39 is 5.63 Å². The molecule has 1 aromatic carbocycles. The van der Waals surface area contributed by atoms with Crippen LogP contribution in [0, 0.1) is 13.8 Å². The number of carbonyl (C=O) groups excluding carboxylic acids is 1. The van der Waals surface area contributed by atoms with Crippen LogP contribution in [0.15, 0.2) is 50.4 Å². The van der Waals surface area contributed by atoms with Gasteiger partial charge in [-0.25, -0.2) is 4.79 Å². The average molecular weight is 433 g/mol. The minimum absolute atomic E-state index is 0.0799. The smallest absolute Gasteiger partial charge is 0.339 e. The Hall–Kier alpha value is -3.41. The van der Waals surface area contributed by atoms with Crippen LogP contribution in [0.2, 0.25) is 0 Å². The highest BCUT2D eigenvalue weighted by molar-refractivity contribution is 6.00. The lowest BCUT2D eigenvalue weighted by molar-refractivity contribution is -0.121. The Morgan fingerprint density at radius 2 is 1.88 bits per heavy atom. The number of pyridine rings is 1. The van der Waals surface area contributed by atoms with Gasteiger partial charge in [0.05, 0.1) is 18.5 Å². The van der Waals surface area contributed by atoms with E-state index in [9.17, 15) is 9.59 Å². The van der Waals surface area contributed by atoms with Crippen molar-refractivity contribution in [2.45, 2.75) is 59.4 Å². The van der Waals surface area contributed by atoms with Crippen LogP contribution in [0.3, 0.4) is 0 Å². The lowest BCUT2D eigenvalue weighted by atomic mass is 9.86. The molecule has 0 unspecified atom stereocenters. The number of aryl methyl sites for hydroxylation is 2. The predicted molar refractivity (Wildman–Crippen MR) is 125 cm³/mol. The first-order chi connectivity index (χ1) is 15.2. The number of aromatic nitrogens is 1. The molecule has 0 fully saturated rings. The van der Waals surface area contributed by atoms with Crippen molar-refractivity contribution in [2.75, 3.05) is 0 Å². The van der Waals surface area contributed by atoms with Gasteiger partial charge in [0.2, 0.25) is 5.91 Å². The first-order valence-electron chi connectivity index (χ1n) is 10.8. The summed E-state index contributed by atoms with van der Waals surface area (Å²) in [6, 6.07) is 7.61. The minimum atomic E-state index is -0.405. The molecule has 0 aliphatic heterocycles. The third kappa shape index (κ3) is 4.05. The van der Waals surface area contributed by atoms with Crippen LogP contribution >= 0.6 is 0 Å². The Morgan fingerprint density at radius 1 is 1.09 bits per heavy atom. The van der Waals surface area contributed by atoms with Gasteiger partial charge in [-0.3, -0.25) is 9.78 Å². The van der Waals surface area contributed by atoms with Crippen molar-refractivity contribution in [3.05, 3.63) is 75.1 Å². The molecule has 166 valence electrons. The molecule has 4 rings (SSSR count). The maximum atomic E-state index is 12.8. The van der Waals surface area contributed by atoms with Gasteiger partial charge < -0.3 is 14.2 Å². The van der Waals surface area contributed by atoms with Crippen molar-refractivity contribution in [3.63, 3.8) is 0 Å². The highest BCUT2D eigenvalue weighted by atomic mass is 16.4. The van der Waals surface area contributed by atoms with Crippen LogP contribution < -0.4 is 10.9 Å². The number of fused-ring (bicyclic) bond motifs is 2. The lowest BCUT2D eigenvalue weighted by Gasteiger charge is -2.17. The zero-order chi connectivity index (χ0) is 23.0. The van der Waals surface area contributed by atoms with E-state index in [0.717, 1.165) is 38.7 Å². The van der Waals surface area contributed by atoms with E-state index in [1.165, 1.54) is 0 Å². The molecule has 4 aromatic rings. The molecule has 1 amide bonds. The molecule has 3 aromatic heterocycles. The number of nitrogens with zero attached hydrogens (tertiary/aromatic N) is 1. The van der Waals surface area contributed by atoms with Gasteiger partial charge in [-0.15, -0.1) is 0 Å². The van der Waals surface area contributed by atoms with Crippen molar-refractivity contribution in [2.24, 2.45) is 0 Å². The van der Waals surface area contributed by atoms with E-state index in [1.807, 2.05) is 38.1 Å². The van der Waals surface area contributed by atoms with E-state index in [-0.39, 0.29) is 17.7 Å². The summed E-state index contributed by atoms with van der Waals surface area (Å²) in [7, 11) is 0. The first-order valence-corrected chi connectivity index (χ1v) is 10.8. The molecule has 0 radical (unpaired) electrons. The van der Waals surface area contributed by atoms with Crippen molar-refractivity contribution in [3.8, 4) is 0 Å². The fourth-order valence-corrected chi connectivity index (χ4v) is 4.08. The van der Waals surface area contributed by atoms with Crippen molar-refractivity contribution in [1.82, 2.24) is 10.3 Å². The third-order valence-corrected chi connectivity index (χ3v) is 5.94. The highest BCUT2D eigenvalue weighted by Gasteiger charge is 2.23. The van der Waals surface area contributed by atoms with Gasteiger partial charge in [-0.1, -0.05) is 26.8 Å². The highest BCUT2D eigenvalue weighted by Crippen LogP contribution is 2.37. The average Bonchev–Trinajstić information content (AvgIpc) is 3.19. The molecule has 0 aliphatic rings. The Bertz CT molecular complexity index is 1360. The molecular weight excluding hydrogens is 404 g/mol. The van der Waals surface area contributed by atoms with E-state index in [2.05, 4.69) is 31.1 Å². The standard InChI is InChI=1S/C26H28N2O4/c1-15-18(9-10-22(29)28-13-17-8-6-7-11-27-17)25(30)32-24-16(2)23-20(12-19(15)24)21(14-31-23)26(3,4)5/h6-8,11-12,14H,9-10,13H2,1-5H3,(H,28,29). The molecule has 0 saturated heterocycles. The molecule has 3 heterocycles. The summed E-state index contributed by atoms with van der Waals surface area (Å²) >= 11 is 0. The zero-order valence-corrected chi connectivity index (χ0v) is 19.2.